The van der Waals surface area contributed by atoms with Crippen LogP contribution in [0.3, 0.4) is 0 Å². The number of benzene rings is 2. The number of ether oxygens (including phenoxy) is 1. The van der Waals surface area contributed by atoms with Gasteiger partial charge in [-0.25, -0.2) is 0 Å². The van der Waals surface area contributed by atoms with Crippen molar-refractivity contribution < 1.29 is 9.53 Å². The molecule has 2 heteroatoms. The number of unbranched alkanes of at least 4 members (excludes halogenated alkanes) is 2. The first-order chi connectivity index (χ1) is 12.2. The smallest absolute Gasteiger partial charge is 0.302 e. The Morgan fingerprint density at radius 3 is 2.40 bits per heavy atom. The van der Waals surface area contributed by atoms with Gasteiger partial charge in [0, 0.05) is 12.8 Å². The Hall–Kier alpha value is -2.35. The second kappa shape index (κ2) is 10.5. The summed E-state index contributed by atoms with van der Waals surface area (Å²) in [5.41, 5.74) is 3.57. The van der Waals surface area contributed by atoms with Gasteiger partial charge in [-0.15, -0.1) is 0 Å². The van der Waals surface area contributed by atoms with E-state index in [-0.39, 0.29) is 5.97 Å². The van der Waals surface area contributed by atoms with Crippen LogP contribution in [0.25, 0.3) is 6.08 Å². The summed E-state index contributed by atoms with van der Waals surface area (Å²) in [4.78, 5) is 10.9. The van der Waals surface area contributed by atoms with E-state index in [9.17, 15) is 4.79 Å². The Kier molecular flexibility index (Phi) is 7.97. The van der Waals surface area contributed by atoms with E-state index in [4.69, 9.17) is 4.74 Å². The standard InChI is InChI=1S/C23H28O2/c1-3-4-6-11-22(15-12-20-9-7-5-8-10-20)23-16-13-21(14-17-23)18-25-19(2)24/h5,7-10,12-17,22H,3-4,6,11,18H2,1-2H3/b15-12+. The predicted octanol–water partition coefficient (Wildman–Crippen LogP) is 6.13. The number of esters is 1. The number of allylic oxidation sites excluding steroid dienone is 1. The number of hydrogen-bond donors (Lipinski definition) is 0. The maximum Gasteiger partial charge on any atom is 0.302 e. The minimum Gasteiger partial charge on any atom is -0.461 e. The van der Waals surface area contributed by atoms with Gasteiger partial charge in [0.2, 0.25) is 0 Å². The Labute approximate surface area is 151 Å². The molecule has 0 saturated heterocycles. The Morgan fingerprint density at radius 2 is 1.76 bits per heavy atom. The molecule has 0 aliphatic carbocycles. The number of rotatable bonds is 9. The number of hydrogen-bond acceptors (Lipinski definition) is 2. The van der Waals surface area contributed by atoms with Crippen LogP contribution in [0.15, 0.2) is 60.7 Å². The average Bonchev–Trinajstić information content (AvgIpc) is 2.64. The maximum atomic E-state index is 10.9. The lowest BCUT2D eigenvalue weighted by molar-refractivity contribution is -0.142. The second-order valence-corrected chi connectivity index (χ2v) is 6.39. The zero-order valence-electron chi connectivity index (χ0n) is 15.3. The zero-order valence-corrected chi connectivity index (χ0v) is 15.3. The fourth-order valence-electron chi connectivity index (χ4n) is 2.83. The van der Waals surface area contributed by atoms with Crippen molar-refractivity contribution in [1.82, 2.24) is 0 Å². The SMILES string of the molecule is CCCCCC(/C=C/c1ccccc1)c1ccc(COC(C)=O)cc1. The van der Waals surface area contributed by atoms with Gasteiger partial charge in [-0.2, -0.15) is 0 Å². The van der Waals surface area contributed by atoms with Crippen molar-refractivity contribution in [1.29, 1.82) is 0 Å². The van der Waals surface area contributed by atoms with Gasteiger partial charge in [-0.1, -0.05) is 92.9 Å². The molecule has 2 rings (SSSR count). The van der Waals surface area contributed by atoms with Crippen molar-refractivity contribution >= 4 is 12.0 Å². The molecule has 132 valence electrons. The molecule has 0 N–H and O–H groups in total. The summed E-state index contributed by atoms with van der Waals surface area (Å²) in [5.74, 6) is 0.168. The molecule has 2 aromatic rings. The quantitative estimate of drug-likeness (QED) is 0.407. The van der Waals surface area contributed by atoms with E-state index in [0.29, 0.717) is 12.5 Å². The molecule has 0 spiro atoms. The minimum atomic E-state index is -0.243. The third-order valence-corrected chi connectivity index (χ3v) is 4.29. The first kappa shape index (κ1) is 19.0. The molecule has 1 unspecified atom stereocenters. The molecule has 0 aliphatic heterocycles. The molecule has 0 aromatic heterocycles. The molecule has 2 nitrogen and oxygen atoms in total. The van der Waals surface area contributed by atoms with Crippen molar-refractivity contribution in [2.45, 2.75) is 52.1 Å². The molecular weight excluding hydrogens is 308 g/mol. The highest BCUT2D eigenvalue weighted by Gasteiger charge is 2.08. The molecule has 0 heterocycles. The molecule has 0 saturated carbocycles. The Bertz CT molecular complexity index is 656. The van der Waals surface area contributed by atoms with E-state index in [2.05, 4.69) is 67.6 Å². The van der Waals surface area contributed by atoms with Crippen molar-refractivity contribution in [2.75, 3.05) is 0 Å². The van der Waals surface area contributed by atoms with Crippen LogP contribution in [0.2, 0.25) is 0 Å². The van der Waals surface area contributed by atoms with Crippen molar-refractivity contribution in [3.8, 4) is 0 Å². The topological polar surface area (TPSA) is 26.3 Å². The van der Waals surface area contributed by atoms with Crippen LogP contribution in [0.4, 0.5) is 0 Å². The lowest BCUT2D eigenvalue weighted by Crippen LogP contribution is -2.00. The van der Waals surface area contributed by atoms with Crippen LogP contribution in [-0.2, 0) is 16.1 Å². The molecule has 0 radical (unpaired) electrons. The van der Waals surface area contributed by atoms with Gasteiger partial charge in [0.1, 0.15) is 6.61 Å². The molecule has 0 fully saturated rings. The summed E-state index contributed by atoms with van der Waals surface area (Å²) in [6.45, 7) is 4.01. The van der Waals surface area contributed by atoms with Crippen LogP contribution in [0.1, 0.15) is 62.1 Å². The van der Waals surface area contributed by atoms with E-state index >= 15 is 0 Å². The third kappa shape index (κ3) is 6.96. The minimum absolute atomic E-state index is 0.243. The van der Waals surface area contributed by atoms with Gasteiger partial charge in [0.25, 0.3) is 0 Å². The summed E-state index contributed by atoms with van der Waals surface area (Å²) in [6.07, 6.45) is 9.40. The molecule has 25 heavy (non-hydrogen) atoms. The Morgan fingerprint density at radius 1 is 1.04 bits per heavy atom. The summed E-state index contributed by atoms with van der Waals surface area (Å²) < 4.78 is 5.06. The Balaban J connectivity index is 2.08. The fourth-order valence-corrected chi connectivity index (χ4v) is 2.83. The van der Waals surface area contributed by atoms with Gasteiger partial charge in [-0.3, -0.25) is 4.79 Å². The van der Waals surface area contributed by atoms with Crippen LogP contribution in [-0.4, -0.2) is 5.97 Å². The zero-order chi connectivity index (χ0) is 17.9. The van der Waals surface area contributed by atoms with E-state index < -0.39 is 0 Å². The third-order valence-electron chi connectivity index (χ3n) is 4.29. The van der Waals surface area contributed by atoms with Crippen LogP contribution >= 0.6 is 0 Å². The first-order valence-corrected chi connectivity index (χ1v) is 9.14. The van der Waals surface area contributed by atoms with Crippen LogP contribution < -0.4 is 0 Å². The van der Waals surface area contributed by atoms with E-state index in [1.165, 1.54) is 37.3 Å². The highest BCUT2D eigenvalue weighted by atomic mass is 16.5. The van der Waals surface area contributed by atoms with Gasteiger partial charge >= 0.3 is 5.97 Å². The van der Waals surface area contributed by atoms with Crippen molar-refractivity contribution in [2.24, 2.45) is 0 Å². The summed E-state index contributed by atoms with van der Waals surface area (Å²) in [5, 5.41) is 0. The fraction of sp³-hybridized carbons (Fsp3) is 0.348. The van der Waals surface area contributed by atoms with Crippen molar-refractivity contribution in [3.05, 3.63) is 77.4 Å². The van der Waals surface area contributed by atoms with E-state index in [1.54, 1.807) is 0 Å². The highest BCUT2D eigenvalue weighted by molar-refractivity contribution is 5.65. The lowest BCUT2D eigenvalue weighted by Gasteiger charge is -2.14. The van der Waals surface area contributed by atoms with Gasteiger partial charge in [0.15, 0.2) is 0 Å². The molecule has 2 aromatic carbocycles. The predicted molar refractivity (Wildman–Crippen MR) is 104 cm³/mol. The van der Waals surface area contributed by atoms with Crippen LogP contribution in [0, 0.1) is 0 Å². The number of carbonyl (C=O) groups is 1. The highest BCUT2D eigenvalue weighted by Crippen LogP contribution is 2.25. The lowest BCUT2D eigenvalue weighted by atomic mass is 9.91. The second-order valence-electron chi connectivity index (χ2n) is 6.39. The molecule has 0 bridgehead atoms. The summed E-state index contributed by atoms with van der Waals surface area (Å²) in [6, 6.07) is 18.9. The van der Waals surface area contributed by atoms with Gasteiger partial charge in [0.05, 0.1) is 0 Å². The maximum absolute atomic E-state index is 10.9. The molecular formula is C23H28O2. The van der Waals surface area contributed by atoms with E-state index in [0.717, 1.165) is 12.0 Å². The normalized spacial score (nSPS) is 12.2. The van der Waals surface area contributed by atoms with Crippen molar-refractivity contribution in [3.63, 3.8) is 0 Å². The number of carbonyl (C=O) groups excluding carboxylic acids is 1. The van der Waals surface area contributed by atoms with Gasteiger partial charge < -0.3 is 4.74 Å². The first-order valence-electron chi connectivity index (χ1n) is 9.14. The summed E-state index contributed by atoms with van der Waals surface area (Å²) in [7, 11) is 0. The average molecular weight is 336 g/mol. The molecule has 0 aliphatic rings. The van der Waals surface area contributed by atoms with Crippen LogP contribution in [0.5, 0.6) is 0 Å². The largest absolute Gasteiger partial charge is 0.461 e. The summed E-state index contributed by atoms with van der Waals surface area (Å²) >= 11 is 0. The monoisotopic (exact) mass is 336 g/mol. The van der Waals surface area contributed by atoms with E-state index in [1.807, 2.05) is 6.07 Å². The molecule has 0 amide bonds. The van der Waals surface area contributed by atoms with Gasteiger partial charge in [-0.05, 0) is 23.1 Å². The molecule has 1 atom stereocenters.